The van der Waals surface area contributed by atoms with E-state index in [1.165, 1.54) is 12.1 Å². The summed E-state index contributed by atoms with van der Waals surface area (Å²) in [6.07, 6.45) is -1.54. The molecule has 0 amide bonds. The molecule has 6 heteroatoms. The number of hydrogen-bond donors (Lipinski definition) is 3. The highest BCUT2D eigenvalue weighted by Crippen LogP contribution is 2.32. The molecule has 0 aliphatic heterocycles. The van der Waals surface area contributed by atoms with Crippen molar-refractivity contribution in [1.82, 2.24) is 0 Å². The molecule has 4 N–H and O–H groups in total. The van der Waals surface area contributed by atoms with Crippen LogP contribution in [0.1, 0.15) is 18.1 Å². The van der Waals surface area contributed by atoms with E-state index in [0.29, 0.717) is 33.0 Å². The third-order valence-electron chi connectivity index (χ3n) is 2.20. The maximum Gasteiger partial charge on any atom is 0.106 e. The van der Waals surface area contributed by atoms with E-state index >= 15 is 0 Å². The molecule has 0 heterocycles. The molecule has 0 bridgehead atoms. The van der Waals surface area contributed by atoms with Crippen molar-refractivity contribution in [3.63, 3.8) is 0 Å². The van der Waals surface area contributed by atoms with Gasteiger partial charge in [0, 0.05) is 15.9 Å². The normalized spacial score (nSPS) is 14.8. The predicted octanol–water partition coefficient (Wildman–Crippen LogP) is 2.75. The van der Waals surface area contributed by atoms with Gasteiger partial charge in [0.25, 0.3) is 0 Å². The first-order valence-electron chi connectivity index (χ1n) is 4.64. The van der Waals surface area contributed by atoms with Crippen molar-refractivity contribution in [3.05, 3.63) is 27.7 Å². The van der Waals surface area contributed by atoms with E-state index < -0.39 is 12.2 Å². The van der Waals surface area contributed by atoms with E-state index in [2.05, 4.69) is 15.9 Å². The second kappa shape index (κ2) is 6.07. The average Bonchev–Trinajstić information content (AvgIpc) is 2.23. The number of anilines is 1. The van der Waals surface area contributed by atoms with Crippen LogP contribution in [-0.2, 0) is 0 Å². The van der Waals surface area contributed by atoms with E-state index in [9.17, 15) is 10.2 Å². The van der Waals surface area contributed by atoms with Gasteiger partial charge >= 0.3 is 0 Å². The SMILES string of the molecule is Nc1cc(Cl)c(C(O)C(O)CCBr)cc1Cl. The molecule has 2 unspecified atom stereocenters. The first kappa shape index (κ1) is 14.1. The number of alkyl halides is 1. The van der Waals surface area contributed by atoms with Gasteiger partial charge in [0.1, 0.15) is 6.10 Å². The largest absolute Gasteiger partial charge is 0.397 e. The molecule has 0 radical (unpaired) electrons. The van der Waals surface area contributed by atoms with Gasteiger partial charge in [-0.3, -0.25) is 0 Å². The minimum absolute atomic E-state index is 0.294. The van der Waals surface area contributed by atoms with Crippen molar-refractivity contribution in [1.29, 1.82) is 0 Å². The van der Waals surface area contributed by atoms with Gasteiger partial charge in [-0.15, -0.1) is 0 Å². The summed E-state index contributed by atoms with van der Waals surface area (Å²) in [6, 6.07) is 2.94. The summed E-state index contributed by atoms with van der Waals surface area (Å²) in [4.78, 5) is 0. The minimum atomic E-state index is -1.07. The Kier molecular flexibility index (Phi) is 5.34. The van der Waals surface area contributed by atoms with Crippen LogP contribution in [0.4, 0.5) is 5.69 Å². The summed E-state index contributed by atoms with van der Waals surface area (Å²) in [6.45, 7) is 0. The summed E-state index contributed by atoms with van der Waals surface area (Å²) in [7, 11) is 0. The monoisotopic (exact) mass is 327 g/mol. The van der Waals surface area contributed by atoms with Gasteiger partial charge in [0.2, 0.25) is 0 Å². The number of hydrogen-bond acceptors (Lipinski definition) is 3. The van der Waals surface area contributed by atoms with Crippen LogP contribution in [0.15, 0.2) is 12.1 Å². The van der Waals surface area contributed by atoms with E-state index in [4.69, 9.17) is 28.9 Å². The Morgan fingerprint density at radius 1 is 1.25 bits per heavy atom. The number of nitrogen functional groups attached to an aromatic ring is 1. The molecule has 0 saturated carbocycles. The molecule has 0 fully saturated rings. The Morgan fingerprint density at radius 3 is 2.44 bits per heavy atom. The number of benzene rings is 1. The first-order valence-corrected chi connectivity index (χ1v) is 6.51. The average molecular weight is 329 g/mol. The predicted molar refractivity (Wildman–Crippen MR) is 70.3 cm³/mol. The molecule has 90 valence electrons. The van der Waals surface area contributed by atoms with Gasteiger partial charge in [0.05, 0.1) is 16.8 Å². The molecule has 1 aromatic carbocycles. The van der Waals surface area contributed by atoms with E-state index in [1.807, 2.05) is 0 Å². The Labute approximate surface area is 112 Å². The zero-order valence-electron chi connectivity index (χ0n) is 8.33. The van der Waals surface area contributed by atoms with Gasteiger partial charge in [-0.1, -0.05) is 39.1 Å². The van der Waals surface area contributed by atoms with Crippen LogP contribution in [0.2, 0.25) is 10.0 Å². The van der Waals surface area contributed by atoms with Gasteiger partial charge in [-0.2, -0.15) is 0 Å². The fraction of sp³-hybridized carbons (Fsp3) is 0.400. The number of aliphatic hydroxyl groups excluding tert-OH is 2. The van der Waals surface area contributed by atoms with Crippen LogP contribution in [0, 0.1) is 0 Å². The smallest absolute Gasteiger partial charge is 0.106 e. The lowest BCUT2D eigenvalue weighted by molar-refractivity contribution is 0.0174. The third kappa shape index (κ3) is 3.25. The molecule has 16 heavy (non-hydrogen) atoms. The summed E-state index contributed by atoms with van der Waals surface area (Å²) in [5.41, 5.74) is 6.29. The van der Waals surface area contributed by atoms with Crippen molar-refractivity contribution in [2.24, 2.45) is 0 Å². The Hall–Kier alpha value is -0.000000000000000167. The fourth-order valence-corrected chi connectivity index (χ4v) is 2.21. The summed E-state index contributed by atoms with van der Waals surface area (Å²) < 4.78 is 0. The zero-order chi connectivity index (χ0) is 12.3. The minimum Gasteiger partial charge on any atom is -0.397 e. The van der Waals surface area contributed by atoms with E-state index in [0.717, 1.165) is 0 Å². The fourth-order valence-electron chi connectivity index (χ4n) is 1.28. The molecule has 1 rings (SSSR count). The molecule has 0 aliphatic carbocycles. The molecule has 3 nitrogen and oxygen atoms in total. The molecule has 0 saturated heterocycles. The maximum absolute atomic E-state index is 9.86. The summed E-state index contributed by atoms with van der Waals surface area (Å²) in [5, 5.41) is 20.7. The van der Waals surface area contributed by atoms with Crippen molar-refractivity contribution in [3.8, 4) is 0 Å². The van der Waals surface area contributed by atoms with E-state index in [-0.39, 0.29) is 0 Å². The van der Waals surface area contributed by atoms with Crippen LogP contribution in [0.25, 0.3) is 0 Å². The molecular formula is C10H12BrCl2NO2. The highest BCUT2D eigenvalue weighted by Gasteiger charge is 2.21. The van der Waals surface area contributed by atoms with Gasteiger partial charge < -0.3 is 15.9 Å². The summed E-state index contributed by atoms with van der Waals surface area (Å²) in [5.74, 6) is 0. The highest BCUT2D eigenvalue weighted by molar-refractivity contribution is 9.09. The quantitative estimate of drug-likeness (QED) is 0.588. The van der Waals surface area contributed by atoms with Gasteiger partial charge in [-0.05, 0) is 18.6 Å². The highest BCUT2D eigenvalue weighted by atomic mass is 79.9. The number of aliphatic hydroxyl groups is 2. The molecule has 0 aliphatic rings. The Bertz CT molecular complexity index is 376. The van der Waals surface area contributed by atoms with Crippen molar-refractivity contribution < 1.29 is 10.2 Å². The lowest BCUT2D eigenvalue weighted by atomic mass is 10.0. The van der Waals surface area contributed by atoms with Crippen molar-refractivity contribution in [2.75, 3.05) is 11.1 Å². The van der Waals surface area contributed by atoms with Gasteiger partial charge in [-0.25, -0.2) is 0 Å². The van der Waals surface area contributed by atoms with Crippen LogP contribution >= 0.6 is 39.1 Å². The Morgan fingerprint density at radius 2 is 1.88 bits per heavy atom. The Balaban J connectivity index is 2.99. The second-order valence-electron chi connectivity index (χ2n) is 3.39. The second-order valence-corrected chi connectivity index (χ2v) is 4.99. The van der Waals surface area contributed by atoms with Crippen LogP contribution in [0.3, 0.4) is 0 Å². The molecule has 2 atom stereocenters. The molecule has 0 spiro atoms. The van der Waals surface area contributed by atoms with Crippen molar-refractivity contribution in [2.45, 2.75) is 18.6 Å². The number of rotatable bonds is 4. The van der Waals surface area contributed by atoms with Crippen LogP contribution in [0.5, 0.6) is 0 Å². The standard InChI is InChI=1S/C10H12BrCl2NO2/c11-2-1-9(15)10(16)5-3-7(13)8(14)4-6(5)12/h3-4,9-10,15-16H,1-2,14H2. The van der Waals surface area contributed by atoms with Crippen molar-refractivity contribution >= 4 is 44.8 Å². The summed E-state index contributed by atoms with van der Waals surface area (Å²) >= 11 is 14.9. The third-order valence-corrected chi connectivity index (χ3v) is 3.32. The van der Waals surface area contributed by atoms with Crippen LogP contribution < -0.4 is 5.73 Å². The molecular weight excluding hydrogens is 317 g/mol. The zero-order valence-corrected chi connectivity index (χ0v) is 11.4. The lowest BCUT2D eigenvalue weighted by Crippen LogP contribution is -2.19. The first-order chi connectivity index (χ1) is 7.47. The van der Waals surface area contributed by atoms with E-state index in [1.54, 1.807) is 0 Å². The molecule has 0 aromatic heterocycles. The lowest BCUT2D eigenvalue weighted by Gasteiger charge is -2.19. The maximum atomic E-state index is 9.86. The topological polar surface area (TPSA) is 66.5 Å². The van der Waals surface area contributed by atoms with Gasteiger partial charge in [0.15, 0.2) is 0 Å². The van der Waals surface area contributed by atoms with Crippen LogP contribution in [-0.4, -0.2) is 21.6 Å². The molecule has 1 aromatic rings. The number of nitrogens with two attached hydrogens (primary N) is 1. The number of halogens is 3.